The SMILES string of the molecule is CC(=O)N1CCCN(C(CN)c2cccc(Cl)c2)CC1. The molecular formula is C15H22ClN3O. The molecule has 0 aromatic heterocycles. The Kier molecular flexibility index (Phi) is 5.40. The summed E-state index contributed by atoms with van der Waals surface area (Å²) in [4.78, 5) is 15.7. The van der Waals surface area contributed by atoms with Crippen molar-refractivity contribution in [1.29, 1.82) is 0 Å². The Hall–Kier alpha value is -1.10. The number of nitrogens with two attached hydrogens (primary N) is 1. The van der Waals surface area contributed by atoms with Crippen LogP contribution in [0, 0.1) is 0 Å². The zero-order chi connectivity index (χ0) is 14.5. The number of rotatable bonds is 3. The number of benzene rings is 1. The second-order valence-corrected chi connectivity index (χ2v) is 5.64. The normalized spacial score (nSPS) is 18.6. The lowest BCUT2D eigenvalue weighted by Crippen LogP contribution is -2.37. The lowest BCUT2D eigenvalue weighted by molar-refractivity contribution is -0.128. The molecule has 1 atom stereocenters. The van der Waals surface area contributed by atoms with Gasteiger partial charge in [0.15, 0.2) is 0 Å². The Balaban J connectivity index is 2.10. The third-order valence-electron chi connectivity index (χ3n) is 3.87. The number of carbonyl (C=O) groups excluding carboxylic acids is 1. The predicted octanol–water partition coefficient (Wildman–Crippen LogP) is 1.89. The van der Waals surface area contributed by atoms with E-state index < -0.39 is 0 Å². The maximum absolute atomic E-state index is 11.5. The van der Waals surface area contributed by atoms with Gasteiger partial charge >= 0.3 is 0 Å². The number of amides is 1. The Morgan fingerprint density at radius 1 is 1.35 bits per heavy atom. The molecule has 20 heavy (non-hydrogen) atoms. The molecule has 110 valence electrons. The lowest BCUT2D eigenvalue weighted by atomic mass is 10.1. The fourth-order valence-corrected chi connectivity index (χ4v) is 2.97. The Bertz CT molecular complexity index is 466. The molecule has 1 fully saturated rings. The summed E-state index contributed by atoms with van der Waals surface area (Å²) in [6.07, 6.45) is 0.983. The summed E-state index contributed by atoms with van der Waals surface area (Å²) in [5, 5.41) is 0.737. The van der Waals surface area contributed by atoms with Gasteiger partial charge in [0, 0.05) is 50.7 Å². The van der Waals surface area contributed by atoms with Crippen LogP contribution in [0.25, 0.3) is 0 Å². The maximum atomic E-state index is 11.5. The van der Waals surface area contributed by atoms with Crippen molar-refractivity contribution in [3.8, 4) is 0 Å². The molecule has 0 radical (unpaired) electrons. The highest BCUT2D eigenvalue weighted by molar-refractivity contribution is 6.30. The molecule has 0 spiro atoms. The molecule has 1 aromatic rings. The second-order valence-electron chi connectivity index (χ2n) is 5.20. The first-order valence-corrected chi connectivity index (χ1v) is 7.44. The van der Waals surface area contributed by atoms with E-state index in [0.29, 0.717) is 6.54 Å². The molecule has 2 N–H and O–H groups in total. The Morgan fingerprint density at radius 3 is 2.80 bits per heavy atom. The summed E-state index contributed by atoms with van der Waals surface area (Å²) in [5.74, 6) is 0.152. The number of hydrogen-bond acceptors (Lipinski definition) is 3. The third-order valence-corrected chi connectivity index (χ3v) is 4.11. The van der Waals surface area contributed by atoms with Gasteiger partial charge in [-0.15, -0.1) is 0 Å². The molecule has 1 heterocycles. The summed E-state index contributed by atoms with van der Waals surface area (Å²) < 4.78 is 0. The zero-order valence-corrected chi connectivity index (χ0v) is 12.6. The average Bonchev–Trinajstić information content (AvgIpc) is 2.66. The molecule has 1 aliphatic rings. The van der Waals surface area contributed by atoms with Crippen LogP contribution in [0.15, 0.2) is 24.3 Å². The molecule has 4 nitrogen and oxygen atoms in total. The molecule has 1 amide bonds. The van der Waals surface area contributed by atoms with Crippen LogP contribution in [0.1, 0.15) is 24.9 Å². The van der Waals surface area contributed by atoms with Crippen LogP contribution in [0.2, 0.25) is 5.02 Å². The van der Waals surface area contributed by atoms with Crippen molar-refractivity contribution in [2.24, 2.45) is 5.73 Å². The minimum Gasteiger partial charge on any atom is -0.342 e. The fraction of sp³-hybridized carbons (Fsp3) is 0.533. The average molecular weight is 296 g/mol. The topological polar surface area (TPSA) is 49.6 Å². The zero-order valence-electron chi connectivity index (χ0n) is 11.9. The van der Waals surface area contributed by atoms with Gasteiger partial charge in [0.2, 0.25) is 5.91 Å². The van der Waals surface area contributed by atoms with Gasteiger partial charge in [-0.2, -0.15) is 0 Å². The molecular weight excluding hydrogens is 274 g/mol. The van der Waals surface area contributed by atoms with Crippen molar-refractivity contribution in [2.75, 3.05) is 32.7 Å². The molecule has 0 saturated carbocycles. The van der Waals surface area contributed by atoms with E-state index in [2.05, 4.69) is 11.0 Å². The highest BCUT2D eigenvalue weighted by Crippen LogP contribution is 2.23. The van der Waals surface area contributed by atoms with Crippen LogP contribution in [0.3, 0.4) is 0 Å². The molecule has 5 heteroatoms. The molecule has 1 unspecified atom stereocenters. The first-order valence-electron chi connectivity index (χ1n) is 7.07. The summed E-state index contributed by atoms with van der Waals surface area (Å²) in [7, 11) is 0. The van der Waals surface area contributed by atoms with Crippen molar-refractivity contribution in [1.82, 2.24) is 9.80 Å². The van der Waals surface area contributed by atoms with Crippen LogP contribution >= 0.6 is 11.6 Å². The van der Waals surface area contributed by atoms with Crippen LogP contribution in [-0.4, -0.2) is 48.4 Å². The number of nitrogens with zero attached hydrogens (tertiary/aromatic N) is 2. The quantitative estimate of drug-likeness (QED) is 0.926. The van der Waals surface area contributed by atoms with Gasteiger partial charge in [-0.25, -0.2) is 0 Å². The molecule has 0 aliphatic carbocycles. The van der Waals surface area contributed by atoms with Crippen LogP contribution in [0.4, 0.5) is 0 Å². The van der Waals surface area contributed by atoms with Crippen molar-refractivity contribution in [2.45, 2.75) is 19.4 Å². The number of halogens is 1. The van der Waals surface area contributed by atoms with E-state index in [4.69, 9.17) is 17.3 Å². The Morgan fingerprint density at radius 2 is 2.15 bits per heavy atom. The van der Waals surface area contributed by atoms with Crippen molar-refractivity contribution in [3.05, 3.63) is 34.9 Å². The van der Waals surface area contributed by atoms with E-state index in [0.717, 1.165) is 43.2 Å². The van der Waals surface area contributed by atoms with Crippen LogP contribution in [-0.2, 0) is 4.79 Å². The van der Waals surface area contributed by atoms with Gasteiger partial charge in [-0.05, 0) is 24.1 Å². The smallest absolute Gasteiger partial charge is 0.219 e. The fourth-order valence-electron chi connectivity index (χ4n) is 2.77. The third kappa shape index (κ3) is 3.72. The monoisotopic (exact) mass is 295 g/mol. The summed E-state index contributed by atoms with van der Waals surface area (Å²) >= 11 is 6.07. The standard InChI is InChI=1S/C15H22ClN3O/c1-12(20)18-6-3-7-19(9-8-18)15(11-17)13-4-2-5-14(16)10-13/h2,4-5,10,15H,3,6-9,11,17H2,1H3. The van der Waals surface area contributed by atoms with Crippen molar-refractivity contribution >= 4 is 17.5 Å². The van der Waals surface area contributed by atoms with Crippen molar-refractivity contribution in [3.63, 3.8) is 0 Å². The number of hydrogen-bond donors (Lipinski definition) is 1. The van der Waals surface area contributed by atoms with Crippen LogP contribution in [0.5, 0.6) is 0 Å². The summed E-state index contributed by atoms with van der Waals surface area (Å²) in [5.41, 5.74) is 7.12. The van der Waals surface area contributed by atoms with Gasteiger partial charge in [-0.3, -0.25) is 9.69 Å². The summed E-state index contributed by atoms with van der Waals surface area (Å²) in [6.45, 7) is 5.60. The van der Waals surface area contributed by atoms with E-state index in [1.165, 1.54) is 0 Å². The van der Waals surface area contributed by atoms with E-state index >= 15 is 0 Å². The maximum Gasteiger partial charge on any atom is 0.219 e. The van der Waals surface area contributed by atoms with E-state index in [9.17, 15) is 4.79 Å². The largest absolute Gasteiger partial charge is 0.342 e. The van der Waals surface area contributed by atoms with Gasteiger partial charge in [0.05, 0.1) is 0 Å². The highest BCUT2D eigenvalue weighted by atomic mass is 35.5. The van der Waals surface area contributed by atoms with Crippen LogP contribution < -0.4 is 5.73 Å². The van der Waals surface area contributed by atoms with E-state index in [1.54, 1.807) is 6.92 Å². The van der Waals surface area contributed by atoms with Gasteiger partial charge in [-0.1, -0.05) is 23.7 Å². The van der Waals surface area contributed by atoms with Gasteiger partial charge in [0.25, 0.3) is 0 Å². The predicted molar refractivity (Wildman–Crippen MR) is 81.7 cm³/mol. The van der Waals surface area contributed by atoms with Crippen molar-refractivity contribution < 1.29 is 4.79 Å². The molecule has 1 aliphatic heterocycles. The first-order chi connectivity index (χ1) is 9.61. The minimum atomic E-state index is 0.152. The van der Waals surface area contributed by atoms with Gasteiger partial charge in [0.1, 0.15) is 0 Å². The lowest BCUT2D eigenvalue weighted by Gasteiger charge is -2.30. The first kappa shape index (κ1) is 15.3. The number of carbonyl (C=O) groups is 1. The van der Waals surface area contributed by atoms with Gasteiger partial charge < -0.3 is 10.6 Å². The molecule has 2 rings (SSSR count). The van der Waals surface area contributed by atoms with E-state index in [-0.39, 0.29) is 11.9 Å². The molecule has 1 aromatic carbocycles. The molecule has 0 bridgehead atoms. The Labute approximate surface area is 125 Å². The molecule has 1 saturated heterocycles. The summed E-state index contributed by atoms with van der Waals surface area (Å²) in [6, 6.07) is 8.04. The highest BCUT2D eigenvalue weighted by Gasteiger charge is 2.23. The minimum absolute atomic E-state index is 0.152. The van der Waals surface area contributed by atoms with E-state index in [1.807, 2.05) is 23.1 Å². The second kappa shape index (κ2) is 7.07.